The summed E-state index contributed by atoms with van der Waals surface area (Å²) >= 11 is 0. The van der Waals surface area contributed by atoms with Gasteiger partial charge in [0.05, 0.1) is 6.33 Å². The molecule has 6 rings (SSSR count). The van der Waals surface area contributed by atoms with Crippen LogP contribution in [0.2, 0.25) is 0 Å². The molecule has 1 saturated carbocycles. The van der Waals surface area contributed by atoms with Crippen LogP contribution in [0.25, 0.3) is 10.9 Å². The number of aliphatic imine (C=N–C) groups is 1. The molecule has 20 heteroatoms. The van der Waals surface area contributed by atoms with Gasteiger partial charge in [-0.25, -0.2) is 4.98 Å². The molecule has 0 bridgehead atoms. The Balaban J connectivity index is 1.37. The summed E-state index contributed by atoms with van der Waals surface area (Å²) in [6, 6.07) is 9.79. The normalized spacial score (nSPS) is 22.8. The summed E-state index contributed by atoms with van der Waals surface area (Å²) < 4.78 is 0. The monoisotopic (exact) mass is 851 g/mol. The lowest BCUT2D eigenvalue weighted by atomic mass is 9.75. The van der Waals surface area contributed by atoms with E-state index in [9.17, 15) is 33.6 Å². The highest BCUT2D eigenvalue weighted by Gasteiger charge is 2.47. The van der Waals surface area contributed by atoms with E-state index in [0.29, 0.717) is 23.2 Å². The number of aromatic amines is 2. The summed E-state index contributed by atoms with van der Waals surface area (Å²) in [6.45, 7) is 0.107. The summed E-state index contributed by atoms with van der Waals surface area (Å²) in [4.78, 5) is 112. The minimum Gasteiger partial charge on any atom is -0.370 e. The van der Waals surface area contributed by atoms with Crippen molar-refractivity contribution >= 4 is 58.2 Å². The number of primary amides is 1. The van der Waals surface area contributed by atoms with Gasteiger partial charge in [-0.15, -0.1) is 0 Å². The highest BCUT2D eigenvalue weighted by molar-refractivity contribution is 5.99. The van der Waals surface area contributed by atoms with E-state index >= 15 is 0 Å². The quantitative estimate of drug-likeness (QED) is 0.0482. The molecule has 2 aliphatic rings. The number of amides is 7. The smallest absolute Gasteiger partial charge is 0.246 e. The second-order valence-corrected chi connectivity index (χ2v) is 15.7. The molecule has 4 aromatic rings. The maximum Gasteiger partial charge on any atom is 0.246 e. The number of nitrogens with two attached hydrogens (primary N) is 3. The minimum absolute atomic E-state index is 0.00138. The number of hydrogen-bond acceptors (Lipinski definition) is 9. The standard InChI is InChI=1S/C42H53N13O7/c43-35(57)29-13-14-34(56)55-42(15-7-16-42)40(62)54-33(20-26-22-46-23-49-26)39(61)52-31(18-24-8-2-1-3-9-24)37(59)51-30(12-6-17-47-41(44)45)36(58)53-32(38(60)50-29)19-25-21-48-28-11-5-4-10-27(25)28/h1-5,8-11,21-23,29-33,48H,6-7,12-20H2,(H2,43,57)(H,46,49)(H,50,60)(H,51,59)(H,52,61)(H,53,58)(H,54,62)(H,55,56)(H4,44,45,47)/t29-,30-,31+,32-,33-/m0/s1. The molecule has 3 heterocycles. The molecule has 14 N–H and O–H groups in total. The van der Waals surface area contributed by atoms with Crippen molar-refractivity contribution in [1.29, 1.82) is 0 Å². The molecule has 0 radical (unpaired) electrons. The van der Waals surface area contributed by atoms with Crippen molar-refractivity contribution in [3.8, 4) is 0 Å². The molecule has 0 unspecified atom stereocenters. The lowest BCUT2D eigenvalue weighted by Crippen LogP contribution is -2.66. The number of aromatic nitrogens is 3. The van der Waals surface area contributed by atoms with Gasteiger partial charge in [0.1, 0.15) is 35.7 Å². The van der Waals surface area contributed by atoms with Crippen molar-refractivity contribution in [3.05, 3.63) is 90.1 Å². The summed E-state index contributed by atoms with van der Waals surface area (Å²) in [5.74, 6) is -5.29. The Labute approximate surface area is 356 Å². The summed E-state index contributed by atoms with van der Waals surface area (Å²) in [7, 11) is 0. The van der Waals surface area contributed by atoms with Crippen LogP contribution in [-0.2, 0) is 52.8 Å². The molecule has 1 saturated heterocycles. The van der Waals surface area contributed by atoms with Gasteiger partial charge in [0.2, 0.25) is 41.4 Å². The van der Waals surface area contributed by atoms with Crippen LogP contribution in [0.3, 0.4) is 0 Å². The van der Waals surface area contributed by atoms with Gasteiger partial charge < -0.3 is 59.1 Å². The molecule has 62 heavy (non-hydrogen) atoms. The van der Waals surface area contributed by atoms with Crippen LogP contribution in [0.15, 0.2) is 78.3 Å². The van der Waals surface area contributed by atoms with E-state index < -0.39 is 77.1 Å². The number of carbonyl (C=O) groups excluding carboxylic acids is 7. The third-order valence-corrected chi connectivity index (χ3v) is 11.2. The molecule has 2 aromatic heterocycles. The van der Waals surface area contributed by atoms with Gasteiger partial charge in [-0.2, -0.15) is 0 Å². The zero-order chi connectivity index (χ0) is 44.2. The molecular formula is C42H53N13O7. The van der Waals surface area contributed by atoms with Gasteiger partial charge in [-0.1, -0.05) is 48.5 Å². The number of benzene rings is 2. The molecule has 328 valence electrons. The van der Waals surface area contributed by atoms with Gasteiger partial charge in [0, 0.05) is 61.2 Å². The van der Waals surface area contributed by atoms with E-state index in [4.69, 9.17) is 17.2 Å². The lowest BCUT2D eigenvalue weighted by molar-refractivity contribution is -0.140. The van der Waals surface area contributed by atoms with E-state index in [1.54, 1.807) is 36.5 Å². The second-order valence-electron chi connectivity index (χ2n) is 15.7. The first kappa shape index (κ1) is 44.3. The maximum atomic E-state index is 14.4. The zero-order valence-corrected chi connectivity index (χ0v) is 34.1. The van der Waals surface area contributed by atoms with Crippen LogP contribution in [0.1, 0.15) is 61.8 Å². The number of guanidine groups is 1. The Hall–Kier alpha value is -7.25. The molecular weight excluding hydrogens is 799 g/mol. The van der Waals surface area contributed by atoms with Crippen LogP contribution in [0.5, 0.6) is 0 Å². The van der Waals surface area contributed by atoms with E-state index in [-0.39, 0.29) is 70.3 Å². The van der Waals surface area contributed by atoms with Gasteiger partial charge in [-0.3, -0.25) is 38.6 Å². The summed E-state index contributed by atoms with van der Waals surface area (Å²) in [6.07, 6.45) is 5.37. The van der Waals surface area contributed by atoms with Crippen molar-refractivity contribution in [1.82, 2.24) is 46.9 Å². The second kappa shape index (κ2) is 20.3. The largest absolute Gasteiger partial charge is 0.370 e. The number of fused-ring (bicyclic) bond motifs is 1. The molecule has 1 aliphatic heterocycles. The summed E-state index contributed by atoms with van der Waals surface area (Å²) in [5, 5.41) is 17.3. The lowest BCUT2D eigenvalue weighted by Gasteiger charge is -2.41. The average Bonchev–Trinajstić information content (AvgIpc) is 3.90. The Kier molecular flexibility index (Phi) is 14.5. The van der Waals surface area contributed by atoms with Crippen LogP contribution in [0, 0.1) is 0 Å². The predicted molar refractivity (Wildman–Crippen MR) is 227 cm³/mol. The average molecular weight is 852 g/mol. The van der Waals surface area contributed by atoms with Crippen molar-refractivity contribution < 1.29 is 33.6 Å². The van der Waals surface area contributed by atoms with E-state index in [2.05, 4.69) is 51.8 Å². The third-order valence-electron chi connectivity index (χ3n) is 11.2. The van der Waals surface area contributed by atoms with E-state index in [1.165, 1.54) is 12.5 Å². The maximum absolute atomic E-state index is 14.4. The highest BCUT2D eigenvalue weighted by atomic mass is 16.2. The molecule has 2 aromatic carbocycles. The molecule has 7 amide bonds. The van der Waals surface area contributed by atoms with E-state index in [0.717, 1.165) is 10.9 Å². The first-order valence-corrected chi connectivity index (χ1v) is 20.5. The highest BCUT2D eigenvalue weighted by Crippen LogP contribution is 2.32. The fraction of sp³-hybridized carbons (Fsp3) is 0.405. The summed E-state index contributed by atoms with van der Waals surface area (Å²) in [5.41, 5.74) is 18.1. The first-order valence-electron chi connectivity index (χ1n) is 20.5. The van der Waals surface area contributed by atoms with Gasteiger partial charge in [0.15, 0.2) is 5.96 Å². The molecule has 20 nitrogen and oxygen atoms in total. The third kappa shape index (κ3) is 11.5. The van der Waals surface area contributed by atoms with Crippen LogP contribution < -0.4 is 49.1 Å². The fourth-order valence-corrected chi connectivity index (χ4v) is 7.60. The molecule has 1 spiro atoms. The van der Waals surface area contributed by atoms with Gasteiger partial charge in [0.25, 0.3) is 0 Å². The topological polar surface area (TPSA) is 327 Å². The number of H-pyrrole nitrogens is 2. The molecule has 5 atom stereocenters. The number of nitrogens with one attached hydrogen (secondary N) is 8. The van der Waals surface area contributed by atoms with Gasteiger partial charge in [-0.05, 0) is 55.7 Å². The number of hydrogen-bond donors (Lipinski definition) is 11. The van der Waals surface area contributed by atoms with Gasteiger partial charge >= 0.3 is 0 Å². The molecule has 1 aliphatic carbocycles. The minimum atomic E-state index is -1.36. The molecule has 2 fully saturated rings. The van der Waals surface area contributed by atoms with Crippen molar-refractivity contribution in [2.45, 2.75) is 100.0 Å². The Bertz CT molecular complexity index is 2270. The van der Waals surface area contributed by atoms with Crippen LogP contribution in [0.4, 0.5) is 0 Å². The van der Waals surface area contributed by atoms with Crippen LogP contribution >= 0.6 is 0 Å². The Morgan fingerprint density at radius 3 is 2.05 bits per heavy atom. The fourth-order valence-electron chi connectivity index (χ4n) is 7.60. The SMILES string of the molecule is NC(=O)[C@@H]1CCC(=O)NC2(CCC2)C(=O)N[C@@H](Cc2cnc[nH]2)C(=O)N[C@H](Cc2ccccc2)C(=O)N[C@@H](CCCN=C(N)N)C(=O)N[C@@H](Cc2c[nH]c3ccccc23)C(=O)N1. The zero-order valence-electron chi connectivity index (χ0n) is 34.1. The van der Waals surface area contributed by atoms with Crippen molar-refractivity contribution in [3.63, 3.8) is 0 Å². The number of rotatable bonds is 11. The Morgan fingerprint density at radius 2 is 1.39 bits per heavy atom. The number of imidazole rings is 1. The van der Waals surface area contributed by atoms with Crippen molar-refractivity contribution in [2.24, 2.45) is 22.2 Å². The van der Waals surface area contributed by atoms with Crippen molar-refractivity contribution in [2.75, 3.05) is 6.54 Å². The first-order chi connectivity index (χ1) is 29.8. The Morgan fingerprint density at radius 1 is 0.742 bits per heavy atom. The number of nitrogens with zero attached hydrogens (tertiary/aromatic N) is 2. The predicted octanol–water partition coefficient (Wildman–Crippen LogP) is -1.29. The number of para-hydroxylation sites is 1. The number of carbonyl (C=O) groups is 7. The van der Waals surface area contributed by atoms with E-state index in [1.807, 2.05) is 24.3 Å². The van der Waals surface area contributed by atoms with Crippen LogP contribution in [-0.4, -0.2) is 105 Å².